The van der Waals surface area contributed by atoms with Crippen LogP contribution >= 0.6 is 15.9 Å². The molecule has 1 aromatic carbocycles. The molecule has 0 radical (unpaired) electrons. The van der Waals surface area contributed by atoms with E-state index in [2.05, 4.69) is 21.2 Å². The van der Waals surface area contributed by atoms with Crippen molar-refractivity contribution in [3.8, 4) is 0 Å². The molecule has 6 heteroatoms. The van der Waals surface area contributed by atoms with Crippen molar-refractivity contribution in [2.45, 2.75) is 26.8 Å². The van der Waals surface area contributed by atoms with Gasteiger partial charge in [-0.1, -0.05) is 26.8 Å². The number of aliphatic carboxylic acids is 1. The number of nitrogens with one attached hydrogen (secondary N) is 1. The van der Waals surface area contributed by atoms with Crippen LogP contribution in [0.5, 0.6) is 0 Å². The Labute approximate surface area is 119 Å². The summed E-state index contributed by atoms with van der Waals surface area (Å²) in [5.41, 5.74) is -0.586. The van der Waals surface area contributed by atoms with Gasteiger partial charge in [-0.15, -0.1) is 0 Å². The number of carboxylic acids is 1. The monoisotopic (exact) mass is 331 g/mol. The number of amides is 1. The lowest BCUT2D eigenvalue weighted by atomic mass is 9.86. The fraction of sp³-hybridized carbons (Fsp3) is 0.385. The minimum atomic E-state index is -1.13. The summed E-state index contributed by atoms with van der Waals surface area (Å²) >= 11 is 2.97. The third kappa shape index (κ3) is 3.76. The number of carboxylic acid groups (broad SMARTS) is 1. The molecular formula is C13H15BrFNO3. The Balaban J connectivity index is 3.02. The minimum absolute atomic E-state index is 0.0190. The van der Waals surface area contributed by atoms with Gasteiger partial charge in [0, 0.05) is 0 Å². The average Bonchev–Trinajstić information content (AvgIpc) is 2.27. The first-order chi connectivity index (χ1) is 8.64. The van der Waals surface area contributed by atoms with Gasteiger partial charge in [0.2, 0.25) is 0 Å². The largest absolute Gasteiger partial charge is 0.480 e. The predicted molar refractivity (Wildman–Crippen MR) is 72.4 cm³/mol. The normalized spacial score (nSPS) is 12.9. The SMILES string of the molecule is CC(C)(C)[C@H](NC(=O)c1cccc(F)c1Br)C(=O)O. The first-order valence-electron chi connectivity index (χ1n) is 5.62. The van der Waals surface area contributed by atoms with Gasteiger partial charge in [-0.2, -0.15) is 0 Å². The predicted octanol–water partition coefficient (Wildman–Crippen LogP) is 2.82. The molecular weight excluding hydrogens is 317 g/mol. The van der Waals surface area contributed by atoms with Crippen molar-refractivity contribution >= 4 is 27.8 Å². The van der Waals surface area contributed by atoms with Crippen molar-refractivity contribution in [1.29, 1.82) is 0 Å². The number of halogens is 2. The maximum atomic E-state index is 13.3. The molecule has 0 heterocycles. The molecule has 1 aromatic rings. The zero-order chi connectivity index (χ0) is 14.8. The third-order valence-corrected chi connectivity index (χ3v) is 3.39. The second kappa shape index (κ2) is 5.69. The molecule has 0 fully saturated rings. The summed E-state index contributed by atoms with van der Waals surface area (Å²) in [6.45, 7) is 5.10. The summed E-state index contributed by atoms with van der Waals surface area (Å²) in [5.74, 6) is -2.34. The van der Waals surface area contributed by atoms with Gasteiger partial charge >= 0.3 is 5.97 Å². The molecule has 4 nitrogen and oxygen atoms in total. The summed E-state index contributed by atoms with van der Waals surface area (Å²) in [6, 6.07) is 2.96. The highest BCUT2D eigenvalue weighted by atomic mass is 79.9. The smallest absolute Gasteiger partial charge is 0.326 e. The molecule has 0 aromatic heterocycles. The van der Waals surface area contributed by atoms with Gasteiger partial charge < -0.3 is 10.4 Å². The molecule has 0 spiro atoms. The fourth-order valence-corrected chi connectivity index (χ4v) is 1.98. The van der Waals surface area contributed by atoms with Gasteiger partial charge in [-0.25, -0.2) is 9.18 Å². The molecule has 104 valence electrons. The van der Waals surface area contributed by atoms with Gasteiger partial charge in [0.1, 0.15) is 11.9 Å². The van der Waals surface area contributed by atoms with E-state index in [1.54, 1.807) is 20.8 Å². The van der Waals surface area contributed by atoms with Crippen molar-refractivity contribution in [2.24, 2.45) is 5.41 Å². The van der Waals surface area contributed by atoms with Crippen LogP contribution in [-0.4, -0.2) is 23.0 Å². The number of hydrogen-bond acceptors (Lipinski definition) is 2. The van der Waals surface area contributed by atoms with E-state index >= 15 is 0 Å². The number of carbonyl (C=O) groups excluding carboxylic acids is 1. The summed E-state index contributed by atoms with van der Waals surface area (Å²) in [7, 11) is 0. The molecule has 0 aliphatic rings. The highest BCUT2D eigenvalue weighted by Crippen LogP contribution is 2.23. The van der Waals surface area contributed by atoms with Crippen molar-refractivity contribution in [2.75, 3.05) is 0 Å². The topological polar surface area (TPSA) is 66.4 Å². The zero-order valence-electron chi connectivity index (χ0n) is 10.8. The Morgan fingerprint density at radius 3 is 2.42 bits per heavy atom. The number of hydrogen-bond donors (Lipinski definition) is 2. The van der Waals surface area contributed by atoms with E-state index in [1.807, 2.05) is 0 Å². The summed E-state index contributed by atoms with van der Waals surface area (Å²) < 4.78 is 13.3. The molecule has 1 rings (SSSR count). The quantitative estimate of drug-likeness (QED) is 0.894. The molecule has 0 bridgehead atoms. The second-order valence-electron chi connectivity index (χ2n) is 5.21. The van der Waals surface area contributed by atoms with Crippen molar-refractivity contribution in [3.05, 3.63) is 34.1 Å². The van der Waals surface area contributed by atoms with E-state index in [1.165, 1.54) is 18.2 Å². The van der Waals surface area contributed by atoms with Crippen LogP contribution in [-0.2, 0) is 4.79 Å². The number of rotatable bonds is 3. The Morgan fingerprint density at radius 2 is 1.95 bits per heavy atom. The molecule has 1 amide bonds. The zero-order valence-corrected chi connectivity index (χ0v) is 12.4. The van der Waals surface area contributed by atoms with Crippen LogP contribution in [0.25, 0.3) is 0 Å². The van der Waals surface area contributed by atoms with Crippen LogP contribution in [0.15, 0.2) is 22.7 Å². The standard InChI is InChI=1S/C13H15BrFNO3/c1-13(2,3)10(12(18)19)16-11(17)7-5-4-6-8(15)9(7)14/h4-6,10H,1-3H3,(H,16,17)(H,18,19)/t10-/m1/s1. The highest BCUT2D eigenvalue weighted by Gasteiger charge is 2.33. The lowest BCUT2D eigenvalue weighted by molar-refractivity contribution is -0.142. The average molecular weight is 332 g/mol. The summed E-state index contributed by atoms with van der Waals surface area (Å²) in [5, 5.41) is 11.5. The van der Waals surface area contributed by atoms with Crippen molar-refractivity contribution < 1.29 is 19.1 Å². The van der Waals surface area contributed by atoms with Crippen LogP contribution in [0.2, 0.25) is 0 Å². The molecule has 2 N–H and O–H groups in total. The van der Waals surface area contributed by atoms with E-state index in [0.717, 1.165) is 0 Å². The summed E-state index contributed by atoms with van der Waals surface area (Å²) in [6.07, 6.45) is 0. The van der Waals surface area contributed by atoms with Crippen LogP contribution in [0, 0.1) is 11.2 Å². The van der Waals surface area contributed by atoms with Crippen LogP contribution in [0.3, 0.4) is 0 Å². The Bertz CT molecular complexity index is 511. The number of carbonyl (C=O) groups is 2. The molecule has 0 aliphatic carbocycles. The fourth-order valence-electron chi connectivity index (χ4n) is 1.54. The Morgan fingerprint density at radius 1 is 1.37 bits per heavy atom. The van der Waals surface area contributed by atoms with E-state index in [-0.39, 0.29) is 10.0 Å². The van der Waals surface area contributed by atoms with Crippen LogP contribution in [0.1, 0.15) is 31.1 Å². The van der Waals surface area contributed by atoms with Crippen LogP contribution < -0.4 is 5.32 Å². The first-order valence-corrected chi connectivity index (χ1v) is 6.41. The first kappa shape index (κ1) is 15.6. The van der Waals surface area contributed by atoms with Gasteiger partial charge in [0.25, 0.3) is 5.91 Å². The maximum Gasteiger partial charge on any atom is 0.326 e. The highest BCUT2D eigenvalue weighted by molar-refractivity contribution is 9.10. The van der Waals surface area contributed by atoms with Crippen molar-refractivity contribution in [3.63, 3.8) is 0 Å². The van der Waals surface area contributed by atoms with Crippen LogP contribution in [0.4, 0.5) is 4.39 Å². The van der Waals surface area contributed by atoms with E-state index < -0.39 is 29.2 Å². The van der Waals surface area contributed by atoms with Crippen molar-refractivity contribution in [1.82, 2.24) is 5.32 Å². The van der Waals surface area contributed by atoms with E-state index in [0.29, 0.717) is 0 Å². The van der Waals surface area contributed by atoms with Gasteiger partial charge in [-0.05, 0) is 33.5 Å². The van der Waals surface area contributed by atoms with E-state index in [9.17, 15) is 14.0 Å². The molecule has 0 unspecified atom stereocenters. The molecule has 0 saturated heterocycles. The lowest BCUT2D eigenvalue weighted by Gasteiger charge is -2.27. The molecule has 0 aliphatic heterocycles. The number of benzene rings is 1. The van der Waals surface area contributed by atoms with Gasteiger partial charge in [0.05, 0.1) is 10.0 Å². The minimum Gasteiger partial charge on any atom is -0.480 e. The molecule has 19 heavy (non-hydrogen) atoms. The molecule has 1 atom stereocenters. The molecule has 0 saturated carbocycles. The Hall–Kier alpha value is -1.43. The third-order valence-electron chi connectivity index (χ3n) is 2.58. The lowest BCUT2D eigenvalue weighted by Crippen LogP contribution is -2.49. The maximum absolute atomic E-state index is 13.3. The van der Waals surface area contributed by atoms with E-state index in [4.69, 9.17) is 5.11 Å². The Kier molecular flexibility index (Phi) is 4.68. The van der Waals surface area contributed by atoms with Gasteiger partial charge in [0.15, 0.2) is 0 Å². The second-order valence-corrected chi connectivity index (χ2v) is 6.01. The summed E-state index contributed by atoms with van der Waals surface area (Å²) in [4.78, 5) is 23.2. The van der Waals surface area contributed by atoms with Gasteiger partial charge in [-0.3, -0.25) is 4.79 Å².